The van der Waals surface area contributed by atoms with Gasteiger partial charge in [-0.05, 0) is 37.0 Å². The first kappa shape index (κ1) is 19.4. The van der Waals surface area contributed by atoms with Crippen molar-refractivity contribution in [1.82, 2.24) is 5.32 Å². The molecule has 7 nitrogen and oxygen atoms in total. The highest BCUT2D eigenvalue weighted by molar-refractivity contribution is 6.00. The molecule has 2 heterocycles. The number of carbonyl (C=O) groups is 3. The van der Waals surface area contributed by atoms with Crippen LogP contribution in [0.1, 0.15) is 31.7 Å². The maximum atomic E-state index is 12.6. The smallest absolute Gasteiger partial charge is 0.326 e. The van der Waals surface area contributed by atoms with Crippen LogP contribution in [0.2, 0.25) is 0 Å². The molecule has 2 aliphatic rings. The number of nitrogens with zero attached hydrogens (tertiary/aromatic N) is 1. The number of anilines is 1. The molecule has 0 aromatic heterocycles. The Labute approximate surface area is 158 Å². The van der Waals surface area contributed by atoms with Crippen molar-refractivity contribution >= 4 is 23.5 Å². The van der Waals surface area contributed by atoms with Crippen molar-refractivity contribution < 1.29 is 24.2 Å². The predicted octanol–water partition coefficient (Wildman–Crippen LogP) is 1.60. The number of rotatable bonds is 6. The fraction of sp³-hybridized carbons (Fsp3) is 0.550. The molecule has 3 rings (SSSR count). The molecule has 0 saturated carbocycles. The topological polar surface area (TPSA) is 95.9 Å². The Hall–Kier alpha value is -2.41. The second-order valence-electron chi connectivity index (χ2n) is 7.23. The first-order valence-corrected chi connectivity index (χ1v) is 9.49. The van der Waals surface area contributed by atoms with Gasteiger partial charge in [0.05, 0.1) is 12.5 Å². The number of amides is 2. The van der Waals surface area contributed by atoms with Gasteiger partial charge < -0.3 is 20.1 Å². The largest absolute Gasteiger partial charge is 0.480 e. The molecule has 146 valence electrons. The molecule has 0 spiro atoms. The third kappa shape index (κ3) is 4.47. The molecule has 7 heteroatoms. The Morgan fingerprint density at radius 2 is 2.07 bits per heavy atom. The Balaban J connectivity index is 1.64. The number of aliphatic carboxylic acids is 1. The Bertz CT molecular complexity index is 697. The second-order valence-corrected chi connectivity index (χ2v) is 7.23. The number of carboxylic acids is 1. The van der Waals surface area contributed by atoms with Crippen LogP contribution in [0.15, 0.2) is 24.3 Å². The lowest BCUT2D eigenvalue weighted by Gasteiger charge is -2.28. The van der Waals surface area contributed by atoms with Gasteiger partial charge in [0.1, 0.15) is 6.04 Å². The van der Waals surface area contributed by atoms with Crippen molar-refractivity contribution in [2.24, 2.45) is 11.8 Å². The summed E-state index contributed by atoms with van der Waals surface area (Å²) in [5.41, 5.74) is 1.95. The number of nitrogens with one attached hydrogen (secondary N) is 1. The van der Waals surface area contributed by atoms with E-state index in [1.54, 1.807) is 4.90 Å². The van der Waals surface area contributed by atoms with Gasteiger partial charge in [0.15, 0.2) is 0 Å². The zero-order valence-electron chi connectivity index (χ0n) is 15.5. The predicted molar refractivity (Wildman–Crippen MR) is 99.4 cm³/mol. The van der Waals surface area contributed by atoms with Gasteiger partial charge in [-0.1, -0.05) is 19.1 Å². The number of benzene rings is 1. The van der Waals surface area contributed by atoms with Gasteiger partial charge in [-0.2, -0.15) is 0 Å². The molecule has 0 bridgehead atoms. The van der Waals surface area contributed by atoms with Gasteiger partial charge in [-0.15, -0.1) is 0 Å². The Kier molecular flexibility index (Phi) is 6.11. The summed E-state index contributed by atoms with van der Waals surface area (Å²) in [5.74, 6) is -2.35. The minimum Gasteiger partial charge on any atom is -0.480 e. The summed E-state index contributed by atoms with van der Waals surface area (Å²) in [6.45, 7) is 3.28. The standard InChI is InChI=1S/C20H26N2O5/c1-2-13-5-7-16(8-6-13)22-11-15(10-17(22)23)19(24)21-18(20(25)26)14-4-3-9-27-12-14/h5-8,14-15,18H,2-4,9-12H2,1H3,(H,21,24)(H,25,26). The van der Waals surface area contributed by atoms with Crippen LogP contribution in [0.3, 0.4) is 0 Å². The first-order chi connectivity index (χ1) is 13.0. The fourth-order valence-corrected chi connectivity index (χ4v) is 3.73. The van der Waals surface area contributed by atoms with Crippen LogP contribution in [0.25, 0.3) is 0 Å². The number of ether oxygens (including phenoxy) is 1. The van der Waals surface area contributed by atoms with E-state index in [2.05, 4.69) is 12.2 Å². The molecule has 0 radical (unpaired) electrons. The number of hydrogen-bond donors (Lipinski definition) is 2. The zero-order valence-corrected chi connectivity index (χ0v) is 15.5. The first-order valence-electron chi connectivity index (χ1n) is 9.49. The molecule has 3 atom stereocenters. The van der Waals surface area contributed by atoms with Crippen LogP contribution >= 0.6 is 0 Å². The quantitative estimate of drug-likeness (QED) is 0.788. The van der Waals surface area contributed by atoms with Crippen LogP contribution in [-0.4, -0.2) is 48.7 Å². The third-order valence-corrected chi connectivity index (χ3v) is 5.38. The zero-order chi connectivity index (χ0) is 19.4. The van der Waals surface area contributed by atoms with E-state index >= 15 is 0 Å². The lowest BCUT2D eigenvalue weighted by Crippen LogP contribution is -2.50. The minimum atomic E-state index is -1.06. The molecule has 2 fully saturated rings. The van der Waals surface area contributed by atoms with E-state index in [-0.39, 0.29) is 30.7 Å². The number of carbonyl (C=O) groups excluding carboxylic acids is 2. The van der Waals surface area contributed by atoms with E-state index < -0.39 is 17.9 Å². The highest BCUT2D eigenvalue weighted by Gasteiger charge is 2.38. The van der Waals surface area contributed by atoms with Crippen molar-refractivity contribution in [2.45, 2.75) is 38.6 Å². The molecule has 2 aliphatic heterocycles. The summed E-state index contributed by atoms with van der Waals surface area (Å²) < 4.78 is 5.35. The van der Waals surface area contributed by atoms with Crippen LogP contribution in [0.5, 0.6) is 0 Å². The molecule has 3 unspecified atom stereocenters. The molecule has 1 aromatic carbocycles. The lowest BCUT2D eigenvalue weighted by atomic mass is 9.93. The molecular formula is C20H26N2O5. The van der Waals surface area contributed by atoms with E-state index in [0.717, 1.165) is 18.5 Å². The van der Waals surface area contributed by atoms with E-state index in [0.29, 0.717) is 19.6 Å². The monoisotopic (exact) mass is 374 g/mol. The maximum Gasteiger partial charge on any atom is 0.326 e. The summed E-state index contributed by atoms with van der Waals surface area (Å²) >= 11 is 0. The summed E-state index contributed by atoms with van der Waals surface area (Å²) in [6.07, 6.45) is 2.50. The van der Waals surface area contributed by atoms with Crippen molar-refractivity contribution in [3.8, 4) is 0 Å². The normalized spacial score (nSPS) is 23.9. The second kappa shape index (κ2) is 8.52. The molecule has 27 heavy (non-hydrogen) atoms. The van der Waals surface area contributed by atoms with Crippen LogP contribution in [0, 0.1) is 11.8 Å². The summed E-state index contributed by atoms with van der Waals surface area (Å²) in [4.78, 5) is 38.2. The van der Waals surface area contributed by atoms with Gasteiger partial charge in [0.25, 0.3) is 0 Å². The highest BCUT2D eigenvalue weighted by Crippen LogP contribution is 2.26. The Morgan fingerprint density at radius 1 is 1.33 bits per heavy atom. The van der Waals surface area contributed by atoms with Gasteiger partial charge in [0.2, 0.25) is 11.8 Å². The lowest BCUT2D eigenvalue weighted by molar-refractivity contribution is -0.145. The van der Waals surface area contributed by atoms with E-state index in [1.807, 2.05) is 24.3 Å². The summed E-state index contributed by atoms with van der Waals surface area (Å²) in [7, 11) is 0. The molecule has 2 amide bonds. The average Bonchev–Trinajstić information content (AvgIpc) is 3.08. The highest BCUT2D eigenvalue weighted by atomic mass is 16.5. The van der Waals surface area contributed by atoms with E-state index in [4.69, 9.17) is 4.74 Å². The molecular weight excluding hydrogens is 348 g/mol. The number of aryl methyl sites for hydroxylation is 1. The van der Waals surface area contributed by atoms with Crippen molar-refractivity contribution in [3.63, 3.8) is 0 Å². The average molecular weight is 374 g/mol. The number of carboxylic acid groups (broad SMARTS) is 1. The van der Waals surface area contributed by atoms with E-state index in [9.17, 15) is 19.5 Å². The van der Waals surface area contributed by atoms with Crippen LogP contribution < -0.4 is 10.2 Å². The fourth-order valence-electron chi connectivity index (χ4n) is 3.73. The van der Waals surface area contributed by atoms with Gasteiger partial charge >= 0.3 is 5.97 Å². The van der Waals surface area contributed by atoms with Gasteiger partial charge in [-0.25, -0.2) is 4.79 Å². The number of hydrogen-bond acceptors (Lipinski definition) is 4. The molecule has 1 aromatic rings. The third-order valence-electron chi connectivity index (χ3n) is 5.38. The van der Waals surface area contributed by atoms with Crippen LogP contribution in [0.4, 0.5) is 5.69 Å². The minimum absolute atomic E-state index is 0.0921. The Morgan fingerprint density at radius 3 is 2.67 bits per heavy atom. The van der Waals surface area contributed by atoms with E-state index in [1.165, 1.54) is 5.56 Å². The van der Waals surface area contributed by atoms with Crippen molar-refractivity contribution in [1.29, 1.82) is 0 Å². The van der Waals surface area contributed by atoms with Crippen LogP contribution in [-0.2, 0) is 25.5 Å². The maximum absolute atomic E-state index is 12.6. The van der Waals surface area contributed by atoms with Crippen molar-refractivity contribution in [3.05, 3.63) is 29.8 Å². The molecule has 2 N–H and O–H groups in total. The van der Waals surface area contributed by atoms with Gasteiger partial charge in [-0.3, -0.25) is 9.59 Å². The van der Waals surface area contributed by atoms with Crippen molar-refractivity contribution in [2.75, 3.05) is 24.7 Å². The summed E-state index contributed by atoms with van der Waals surface area (Å²) in [5, 5.41) is 12.1. The molecule has 2 saturated heterocycles. The SMILES string of the molecule is CCc1ccc(N2CC(C(=O)NC(C(=O)O)C3CCCOC3)CC2=O)cc1. The van der Waals surface area contributed by atoms with Gasteiger partial charge in [0, 0.05) is 31.2 Å². The molecule has 0 aliphatic carbocycles. The summed E-state index contributed by atoms with van der Waals surface area (Å²) in [6, 6.07) is 6.73.